The number of rotatable bonds is 10. The molecule has 3 rings (SSSR count). The molecule has 0 bridgehead atoms. The zero-order valence-electron chi connectivity index (χ0n) is 18.2. The molecule has 1 atom stereocenters. The van der Waals surface area contributed by atoms with Gasteiger partial charge in [0.2, 0.25) is 15.9 Å². The average Bonchev–Trinajstić information content (AvgIpc) is 2.82. The summed E-state index contributed by atoms with van der Waals surface area (Å²) in [5, 5.41) is 2.84. The number of anilines is 2. The summed E-state index contributed by atoms with van der Waals surface area (Å²) in [5.41, 5.74) is 1.68. The average molecular weight is 480 g/mol. The summed E-state index contributed by atoms with van der Waals surface area (Å²) >= 11 is 1.55. The number of hydrogen-bond donors (Lipinski definition) is 2. The third-order valence-electron chi connectivity index (χ3n) is 5.11. The molecule has 2 aromatic rings. The van der Waals surface area contributed by atoms with Gasteiger partial charge in [-0.25, -0.2) is 8.42 Å². The van der Waals surface area contributed by atoms with Crippen molar-refractivity contribution >= 4 is 39.1 Å². The number of sulfonamides is 1. The van der Waals surface area contributed by atoms with Crippen LogP contribution in [-0.4, -0.2) is 65.8 Å². The molecule has 0 aliphatic carbocycles. The van der Waals surface area contributed by atoms with Gasteiger partial charge in [-0.3, -0.25) is 4.79 Å². The summed E-state index contributed by atoms with van der Waals surface area (Å²) in [4.78, 5) is 15.2. The molecule has 0 spiro atoms. The van der Waals surface area contributed by atoms with Crippen LogP contribution in [0.4, 0.5) is 11.4 Å². The highest BCUT2D eigenvalue weighted by Gasteiger charge is 2.26. The first-order valence-corrected chi connectivity index (χ1v) is 13.2. The van der Waals surface area contributed by atoms with Crippen LogP contribution in [0, 0.1) is 0 Å². The number of methoxy groups -OCH3 is 1. The number of amides is 1. The predicted molar refractivity (Wildman–Crippen MR) is 128 cm³/mol. The van der Waals surface area contributed by atoms with Crippen LogP contribution in [0.1, 0.15) is 6.42 Å². The van der Waals surface area contributed by atoms with Crippen molar-refractivity contribution in [1.29, 1.82) is 0 Å². The lowest BCUT2D eigenvalue weighted by Gasteiger charge is -2.29. The maximum atomic E-state index is 12.9. The molecule has 2 aromatic carbocycles. The van der Waals surface area contributed by atoms with Gasteiger partial charge in [0, 0.05) is 24.5 Å². The Bertz CT molecular complexity index is 976. The van der Waals surface area contributed by atoms with E-state index in [2.05, 4.69) is 14.9 Å². The van der Waals surface area contributed by atoms with E-state index in [1.54, 1.807) is 23.9 Å². The fourth-order valence-electron chi connectivity index (χ4n) is 3.30. The van der Waals surface area contributed by atoms with Gasteiger partial charge in [-0.15, -0.1) is 0 Å². The number of carbonyl (C=O) groups is 1. The third-order valence-corrected chi connectivity index (χ3v) is 7.24. The maximum absolute atomic E-state index is 12.9. The molecule has 10 heteroatoms. The fourth-order valence-corrected chi connectivity index (χ4v) is 5.00. The lowest BCUT2D eigenvalue weighted by molar-refractivity contribution is -0.117. The molecule has 1 unspecified atom stereocenters. The number of morpholine rings is 1. The summed E-state index contributed by atoms with van der Waals surface area (Å²) in [7, 11) is -2.36. The zero-order valence-corrected chi connectivity index (χ0v) is 19.9. The number of carbonyl (C=O) groups excluding carboxylic acids is 1. The van der Waals surface area contributed by atoms with E-state index in [0.717, 1.165) is 18.8 Å². The zero-order chi connectivity index (χ0) is 23.0. The second-order valence-corrected chi connectivity index (χ2v) is 9.97. The predicted octanol–water partition coefficient (Wildman–Crippen LogP) is 2.57. The molecule has 0 aromatic heterocycles. The Hall–Kier alpha value is -2.27. The van der Waals surface area contributed by atoms with E-state index in [-0.39, 0.29) is 4.90 Å². The number of thioether (sulfide) groups is 1. The van der Waals surface area contributed by atoms with E-state index in [0.29, 0.717) is 36.8 Å². The minimum atomic E-state index is -3.87. The Morgan fingerprint density at radius 1 is 1.12 bits per heavy atom. The van der Waals surface area contributed by atoms with E-state index in [4.69, 9.17) is 9.47 Å². The first kappa shape index (κ1) is 24.4. The van der Waals surface area contributed by atoms with E-state index < -0.39 is 22.0 Å². The van der Waals surface area contributed by atoms with Crippen molar-refractivity contribution in [3.8, 4) is 5.75 Å². The van der Waals surface area contributed by atoms with Gasteiger partial charge in [-0.2, -0.15) is 16.5 Å². The lowest BCUT2D eigenvalue weighted by Crippen LogP contribution is -2.44. The smallest absolute Gasteiger partial charge is 0.242 e. The van der Waals surface area contributed by atoms with Gasteiger partial charge >= 0.3 is 0 Å². The highest BCUT2D eigenvalue weighted by atomic mass is 32.2. The van der Waals surface area contributed by atoms with Gasteiger partial charge in [-0.1, -0.05) is 0 Å². The van der Waals surface area contributed by atoms with E-state index in [9.17, 15) is 13.2 Å². The van der Waals surface area contributed by atoms with Crippen molar-refractivity contribution in [2.24, 2.45) is 0 Å². The van der Waals surface area contributed by atoms with Crippen molar-refractivity contribution in [2.75, 3.05) is 55.6 Å². The van der Waals surface area contributed by atoms with Crippen molar-refractivity contribution in [3.63, 3.8) is 0 Å². The van der Waals surface area contributed by atoms with Crippen molar-refractivity contribution in [1.82, 2.24) is 4.72 Å². The van der Waals surface area contributed by atoms with Crippen molar-refractivity contribution in [2.45, 2.75) is 17.4 Å². The molecule has 2 N–H and O–H groups in total. The van der Waals surface area contributed by atoms with Crippen LogP contribution in [0.3, 0.4) is 0 Å². The van der Waals surface area contributed by atoms with Gasteiger partial charge in [-0.05, 0) is 67.0 Å². The first-order valence-electron chi connectivity index (χ1n) is 10.3. The molecule has 8 nitrogen and oxygen atoms in total. The summed E-state index contributed by atoms with van der Waals surface area (Å²) in [6.45, 7) is 3.05. The Labute approximate surface area is 193 Å². The van der Waals surface area contributed by atoms with Crippen LogP contribution >= 0.6 is 11.8 Å². The van der Waals surface area contributed by atoms with Crippen LogP contribution in [0.25, 0.3) is 0 Å². The number of hydrogen-bond acceptors (Lipinski definition) is 7. The molecule has 1 saturated heterocycles. The van der Waals surface area contributed by atoms with Gasteiger partial charge in [0.25, 0.3) is 0 Å². The maximum Gasteiger partial charge on any atom is 0.242 e. The summed E-state index contributed by atoms with van der Waals surface area (Å²) in [6, 6.07) is 12.7. The molecule has 0 saturated carbocycles. The summed E-state index contributed by atoms with van der Waals surface area (Å²) < 4.78 is 38.7. The lowest BCUT2D eigenvalue weighted by atomic mass is 10.2. The third kappa shape index (κ3) is 6.61. The highest BCUT2D eigenvalue weighted by molar-refractivity contribution is 7.98. The molecule has 174 valence electrons. The van der Waals surface area contributed by atoms with Crippen LogP contribution in [0.2, 0.25) is 0 Å². The standard InChI is InChI=1S/C22H29N3O5S2/c1-29-19-7-9-20(10-8-19)32(27,28)24-21(11-16-31-2)22(26)23-17-3-5-18(6-4-17)25-12-14-30-15-13-25/h3-10,21,24H,11-16H2,1-2H3,(H,23,26). The second kappa shape index (κ2) is 11.6. The quantitative estimate of drug-likeness (QED) is 0.541. The number of benzene rings is 2. The van der Waals surface area contributed by atoms with Crippen LogP contribution in [-0.2, 0) is 19.6 Å². The van der Waals surface area contributed by atoms with Crippen LogP contribution in [0.15, 0.2) is 53.4 Å². The molecular formula is C22H29N3O5S2. The van der Waals surface area contributed by atoms with Gasteiger partial charge in [0.05, 0.1) is 25.2 Å². The van der Waals surface area contributed by atoms with E-state index >= 15 is 0 Å². The van der Waals surface area contributed by atoms with E-state index in [1.807, 2.05) is 30.5 Å². The van der Waals surface area contributed by atoms with Crippen LogP contribution < -0.4 is 19.7 Å². The normalized spacial score (nSPS) is 15.2. The second-order valence-electron chi connectivity index (χ2n) is 7.27. The largest absolute Gasteiger partial charge is 0.497 e. The Morgan fingerprint density at radius 3 is 2.38 bits per heavy atom. The SMILES string of the molecule is COc1ccc(S(=O)(=O)NC(CCSC)C(=O)Nc2ccc(N3CCOCC3)cc2)cc1. The molecular weight excluding hydrogens is 450 g/mol. The summed E-state index contributed by atoms with van der Waals surface area (Å²) in [6.07, 6.45) is 2.28. The monoisotopic (exact) mass is 479 g/mol. The van der Waals surface area contributed by atoms with Gasteiger partial charge in [0.15, 0.2) is 0 Å². The van der Waals surface area contributed by atoms with Crippen molar-refractivity contribution < 1.29 is 22.7 Å². The fraction of sp³-hybridized carbons (Fsp3) is 0.409. The highest BCUT2D eigenvalue weighted by Crippen LogP contribution is 2.20. The molecule has 1 aliphatic rings. The Kier molecular flexibility index (Phi) is 8.80. The van der Waals surface area contributed by atoms with Gasteiger partial charge in [0.1, 0.15) is 11.8 Å². The number of nitrogens with zero attached hydrogens (tertiary/aromatic N) is 1. The van der Waals surface area contributed by atoms with Crippen LogP contribution in [0.5, 0.6) is 5.75 Å². The molecule has 32 heavy (non-hydrogen) atoms. The minimum absolute atomic E-state index is 0.0788. The topological polar surface area (TPSA) is 97.0 Å². The van der Waals surface area contributed by atoms with E-state index in [1.165, 1.54) is 19.2 Å². The minimum Gasteiger partial charge on any atom is -0.497 e. The molecule has 1 fully saturated rings. The van der Waals surface area contributed by atoms with Gasteiger partial charge < -0.3 is 19.7 Å². The Morgan fingerprint density at radius 2 is 1.78 bits per heavy atom. The summed E-state index contributed by atoms with van der Waals surface area (Å²) in [5.74, 6) is 0.801. The Balaban J connectivity index is 1.68. The molecule has 0 radical (unpaired) electrons. The molecule has 1 amide bonds. The molecule has 1 heterocycles. The molecule has 1 aliphatic heterocycles. The number of ether oxygens (including phenoxy) is 2. The first-order chi connectivity index (χ1) is 15.4. The number of nitrogens with one attached hydrogen (secondary N) is 2. The van der Waals surface area contributed by atoms with Crippen molar-refractivity contribution in [3.05, 3.63) is 48.5 Å².